The molecule has 160 valence electrons. The summed E-state index contributed by atoms with van der Waals surface area (Å²) in [6, 6.07) is 5.62. The second-order valence-corrected chi connectivity index (χ2v) is 7.88. The van der Waals surface area contributed by atoms with E-state index in [-0.39, 0.29) is 29.7 Å². The van der Waals surface area contributed by atoms with Crippen LogP contribution in [0.25, 0.3) is 11.1 Å². The summed E-state index contributed by atoms with van der Waals surface area (Å²) in [6.07, 6.45) is -9.17. The Morgan fingerprint density at radius 3 is 2.00 bits per heavy atom. The number of hydrogen-bond donors (Lipinski definition) is 2. The Balaban J connectivity index is 2.36. The number of hydrogen-bond acceptors (Lipinski definition) is 3. The first-order valence-corrected chi connectivity index (χ1v) is 9.84. The molecular weight excluding hydrogens is 424 g/mol. The third kappa shape index (κ3) is 5.94. The van der Waals surface area contributed by atoms with E-state index >= 15 is 0 Å². The largest absolute Gasteiger partial charge is 0.417 e. The number of unbranched alkanes of at least 4 members (excludes halogenated alkanes) is 1. The molecule has 0 aliphatic carbocycles. The van der Waals surface area contributed by atoms with Gasteiger partial charge in [0, 0.05) is 13.2 Å². The van der Waals surface area contributed by atoms with Crippen LogP contribution in [0, 0.1) is 0 Å². The van der Waals surface area contributed by atoms with Crippen LogP contribution in [0.4, 0.5) is 26.3 Å². The summed E-state index contributed by atoms with van der Waals surface area (Å²) in [6.45, 7) is -0.0210. The molecule has 0 aromatic heterocycles. The van der Waals surface area contributed by atoms with E-state index in [1.165, 1.54) is 0 Å². The van der Waals surface area contributed by atoms with Gasteiger partial charge in [-0.05, 0) is 48.2 Å². The monoisotopic (exact) mass is 441 g/mol. The molecule has 0 heterocycles. The Morgan fingerprint density at radius 2 is 1.48 bits per heavy atom. The molecule has 2 N–H and O–H groups in total. The fraction of sp³-hybridized carbons (Fsp3) is 0.333. The Labute approximate surface area is 163 Å². The zero-order valence-corrected chi connectivity index (χ0v) is 15.6. The Kier molecular flexibility index (Phi) is 6.97. The van der Waals surface area contributed by atoms with Gasteiger partial charge >= 0.3 is 12.4 Å². The highest BCUT2D eigenvalue weighted by molar-refractivity contribution is 7.89. The SMILES string of the molecule is O=S(=O)(NCCCCO)c1ccc(-c2ccc(C(F)(F)F)cc2C(F)(F)F)cc1. The molecule has 4 nitrogen and oxygen atoms in total. The van der Waals surface area contributed by atoms with Crippen molar-refractivity contribution in [3.63, 3.8) is 0 Å². The molecule has 2 rings (SSSR count). The average molecular weight is 441 g/mol. The highest BCUT2D eigenvalue weighted by Gasteiger charge is 2.38. The van der Waals surface area contributed by atoms with Gasteiger partial charge in [-0.2, -0.15) is 26.3 Å². The van der Waals surface area contributed by atoms with Gasteiger partial charge in [0.2, 0.25) is 10.0 Å². The van der Waals surface area contributed by atoms with E-state index in [1.807, 2.05) is 0 Å². The van der Waals surface area contributed by atoms with Crippen molar-refractivity contribution in [3.8, 4) is 11.1 Å². The quantitative estimate of drug-likeness (QED) is 0.493. The van der Waals surface area contributed by atoms with E-state index in [9.17, 15) is 34.8 Å². The fourth-order valence-corrected chi connectivity index (χ4v) is 3.62. The van der Waals surface area contributed by atoms with E-state index in [2.05, 4.69) is 4.72 Å². The van der Waals surface area contributed by atoms with E-state index in [0.717, 1.165) is 24.3 Å². The van der Waals surface area contributed by atoms with Crippen LogP contribution in [0.3, 0.4) is 0 Å². The smallest absolute Gasteiger partial charge is 0.396 e. The van der Waals surface area contributed by atoms with Crippen molar-refractivity contribution < 1.29 is 39.9 Å². The molecule has 2 aromatic rings. The van der Waals surface area contributed by atoms with Crippen LogP contribution in [0.5, 0.6) is 0 Å². The average Bonchev–Trinajstić information content (AvgIpc) is 2.63. The number of nitrogens with one attached hydrogen (secondary N) is 1. The Morgan fingerprint density at radius 1 is 0.862 bits per heavy atom. The fourth-order valence-electron chi connectivity index (χ4n) is 2.55. The van der Waals surface area contributed by atoms with Gasteiger partial charge in [-0.3, -0.25) is 0 Å². The van der Waals surface area contributed by atoms with Crippen LogP contribution in [0.15, 0.2) is 47.4 Å². The molecule has 0 saturated heterocycles. The second kappa shape index (κ2) is 8.72. The summed E-state index contributed by atoms with van der Waals surface area (Å²) in [5.41, 5.74) is -3.47. The number of aliphatic hydroxyl groups excluding tert-OH is 1. The van der Waals surface area contributed by atoms with Crippen LogP contribution in [-0.2, 0) is 22.4 Å². The van der Waals surface area contributed by atoms with Gasteiger partial charge in [0.25, 0.3) is 0 Å². The lowest BCUT2D eigenvalue weighted by Crippen LogP contribution is -2.24. The topological polar surface area (TPSA) is 66.4 Å². The lowest BCUT2D eigenvalue weighted by Gasteiger charge is -2.16. The molecule has 0 spiro atoms. The Bertz CT molecular complexity index is 938. The van der Waals surface area contributed by atoms with Gasteiger partial charge < -0.3 is 5.11 Å². The highest BCUT2D eigenvalue weighted by Crippen LogP contribution is 2.41. The molecular formula is C18H17F6NO3S. The number of alkyl halides is 6. The zero-order chi connectivity index (χ0) is 21.9. The van der Waals surface area contributed by atoms with Crippen molar-refractivity contribution in [3.05, 3.63) is 53.6 Å². The van der Waals surface area contributed by atoms with E-state index in [4.69, 9.17) is 5.11 Å². The summed E-state index contributed by atoms with van der Waals surface area (Å²) in [4.78, 5) is -0.203. The van der Waals surface area contributed by atoms with Gasteiger partial charge in [0.05, 0.1) is 16.0 Å². The molecule has 2 aromatic carbocycles. The Hall–Kier alpha value is -2.11. The number of sulfonamides is 1. The van der Waals surface area contributed by atoms with Crippen molar-refractivity contribution in [1.29, 1.82) is 0 Å². The van der Waals surface area contributed by atoms with Gasteiger partial charge in [0.15, 0.2) is 0 Å². The number of halogens is 6. The van der Waals surface area contributed by atoms with Gasteiger partial charge in [-0.1, -0.05) is 18.2 Å². The summed E-state index contributed by atoms with van der Waals surface area (Å²) >= 11 is 0. The first-order chi connectivity index (χ1) is 13.4. The van der Waals surface area contributed by atoms with Crippen LogP contribution < -0.4 is 4.72 Å². The summed E-state index contributed by atoms with van der Waals surface area (Å²) in [5.74, 6) is 0. The molecule has 11 heteroatoms. The predicted molar refractivity (Wildman–Crippen MR) is 93.4 cm³/mol. The molecule has 0 unspecified atom stereocenters. The second-order valence-electron chi connectivity index (χ2n) is 6.11. The first kappa shape index (κ1) is 23.2. The van der Waals surface area contributed by atoms with Crippen molar-refractivity contribution in [2.75, 3.05) is 13.2 Å². The van der Waals surface area contributed by atoms with Crippen molar-refractivity contribution in [2.24, 2.45) is 0 Å². The molecule has 0 fully saturated rings. The van der Waals surface area contributed by atoms with Gasteiger partial charge in [-0.15, -0.1) is 0 Å². The van der Waals surface area contributed by atoms with E-state index in [0.29, 0.717) is 25.0 Å². The van der Waals surface area contributed by atoms with E-state index < -0.39 is 39.1 Å². The zero-order valence-electron chi connectivity index (χ0n) is 14.8. The molecule has 0 amide bonds. The van der Waals surface area contributed by atoms with Crippen LogP contribution in [-0.4, -0.2) is 26.7 Å². The summed E-state index contributed by atoms with van der Waals surface area (Å²) in [5, 5.41) is 8.67. The maximum Gasteiger partial charge on any atom is 0.417 e. The van der Waals surface area contributed by atoms with Crippen molar-refractivity contribution in [1.82, 2.24) is 4.72 Å². The van der Waals surface area contributed by atoms with Crippen LogP contribution in [0.2, 0.25) is 0 Å². The highest BCUT2D eigenvalue weighted by atomic mass is 32.2. The molecule has 0 atom stereocenters. The maximum atomic E-state index is 13.3. The molecule has 0 aliphatic heterocycles. The molecule has 0 saturated carbocycles. The lowest BCUT2D eigenvalue weighted by molar-refractivity contribution is -0.142. The predicted octanol–water partition coefficient (Wildman–Crippen LogP) is 4.44. The van der Waals surface area contributed by atoms with Crippen LogP contribution in [0.1, 0.15) is 24.0 Å². The van der Waals surface area contributed by atoms with Crippen molar-refractivity contribution >= 4 is 10.0 Å². The summed E-state index contributed by atoms with van der Waals surface area (Å²) < 4.78 is 105. The third-order valence-corrected chi connectivity index (χ3v) is 5.48. The minimum absolute atomic E-state index is 0.0305. The minimum Gasteiger partial charge on any atom is -0.396 e. The first-order valence-electron chi connectivity index (χ1n) is 8.35. The molecule has 0 radical (unpaired) electrons. The van der Waals surface area contributed by atoms with E-state index in [1.54, 1.807) is 0 Å². The minimum atomic E-state index is -5.03. The van der Waals surface area contributed by atoms with Crippen LogP contribution >= 0.6 is 0 Å². The van der Waals surface area contributed by atoms with Gasteiger partial charge in [0.1, 0.15) is 0 Å². The third-order valence-electron chi connectivity index (χ3n) is 4.00. The van der Waals surface area contributed by atoms with Gasteiger partial charge in [-0.25, -0.2) is 13.1 Å². The molecule has 0 aliphatic rings. The normalized spacial score (nSPS) is 12.9. The molecule has 0 bridgehead atoms. The maximum absolute atomic E-state index is 13.3. The summed E-state index contributed by atoms with van der Waals surface area (Å²) in [7, 11) is -3.91. The standard InChI is InChI=1S/C18H17F6NO3S/c19-17(20,21)13-5-8-15(16(11-13)18(22,23)24)12-3-6-14(7-4-12)29(27,28)25-9-1-2-10-26/h3-8,11,25-26H,1-2,9-10H2. The number of rotatable bonds is 7. The lowest BCUT2D eigenvalue weighted by atomic mass is 9.97. The number of aliphatic hydroxyl groups is 1. The molecule has 29 heavy (non-hydrogen) atoms. The van der Waals surface area contributed by atoms with Crippen molar-refractivity contribution in [2.45, 2.75) is 30.1 Å². The number of benzene rings is 2.